The predicted molar refractivity (Wildman–Crippen MR) is 118 cm³/mol. The first kappa shape index (κ1) is 20.1. The molecule has 0 bridgehead atoms. The van der Waals surface area contributed by atoms with Gasteiger partial charge in [0.15, 0.2) is 17.3 Å². The normalized spacial score (nSPS) is 17.9. The van der Waals surface area contributed by atoms with E-state index in [9.17, 15) is 4.79 Å². The summed E-state index contributed by atoms with van der Waals surface area (Å²) in [6.07, 6.45) is 2.25. The number of carbonyl (C=O) groups is 1. The van der Waals surface area contributed by atoms with E-state index in [1.807, 2.05) is 12.1 Å². The molecule has 2 aromatic rings. The highest BCUT2D eigenvalue weighted by molar-refractivity contribution is 6.00. The summed E-state index contributed by atoms with van der Waals surface area (Å²) >= 11 is 0. The van der Waals surface area contributed by atoms with E-state index in [1.165, 1.54) is 11.1 Å². The Kier molecular flexibility index (Phi) is 5.33. The van der Waals surface area contributed by atoms with Gasteiger partial charge >= 0.3 is 0 Å². The van der Waals surface area contributed by atoms with Gasteiger partial charge < -0.3 is 24.8 Å². The van der Waals surface area contributed by atoms with Gasteiger partial charge in [-0.3, -0.25) is 4.79 Å². The third-order valence-electron chi connectivity index (χ3n) is 5.98. The Morgan fingerprint density at radius 2 is 1.50 bits per heavy atom. The van der Waals surface area contributed by atoms with Crippen LogP contribution in [0.5, 0.6) is 17.2 Å². The summed E-state index contributed by atoms with van der Waals surface area (Å²) in [6, 6.07) is 7.77. The van der Waals surface area contributed by atoms with Crippen LogP contribution in [0.1, 0.15) is 42.0 Å². The van der Waals surface area contributed by atoms with Gasteiger partial charge in [-0.2, -0.15) is 0 Å². The lowest BCUT2D eigenvalue weighted by Crippen LogP contribution is -2.23. The standard InChI is InChI=1S/C24H28N2O4/c1-13-9-17-18(10-14(13)2)26-23(22-16(25-17)7-6-8-19(22)27)15-11-20(28-3)24(30-5)21(12-15)29-4/h9-12,23,25-26H,6-8H2,1-5H3. The molecule has 1 heterocycles. The van der Waals surface area contributed by atoms with Gasteiger partial charge in [0.05, 0.1) is 38.7 Å². The van der Waals surface area contributed by atoms with Gasteiger partial charge in [-0.25, -0.2) is 0 Å². The van der Waals surface area contributed by atoms with Crippen molar-refractivity contribution < 1.29 is 19.0 Å². The highest BCUT2D eigenvalue weighted by atomic mass is 16.5. The number of rotatable bonds is 4. The van der Waals surface area contributed by atoms with Crippen molar-refractivity contribution in [2.45, 2.75) is 39.2 Å². The fourth-order valence-electron chi connectivity index (χ4n) is 4.28. The Balaban J connectivity index is 1.92. The van der Waals surface area contributed by atoms with Gasteiger partial charge in [0.2, 0.25) is 5.75 Å². The van der Waals surface area contributed by atoms with E-state index in [4.69, 9.17) is 14.2 Å². The minimum Gasteiger partial charge on any atom is -0.493 e. The lowest BCUT2D eigenvalue weighted by atomic mass is 9.86. The Labute approximate surface area is 177 Å². The fraction of sp³-hybridized carbons (Fsp3) is 0.375. The van der Waals surface area contributed by atoms with E-state index in [0.717, 1.165) is 41.1 Å². The third kappa shape index (κ3) is 3.36. The first-order valence-corrected chi connectivity index (χ1v) is 10.2. The number of hydrogen-bond acceptors (Lipinski definition) is 6. The first-order valence-electron chi connectivity index (χ1n) is 10.2. The number of ketones is 1. The number of methoxy groups -OCH3 is 3. The topological polar surface area (TPSA) is 68.8 Å². The Hall–Kier alpha value is -3.15. The van der Waals surface area contributed by atoms with Gasteiger partial charge in [0, 0.05) is 17.7 Å². The molecule has 0 fully saturated rings. The van der Waals surface area contributed by atoms with Crippen LogP contribution in [0.3, 0.4) is 0 Å². The molecule has 30 heavy (non-hydrogen) atoms. The van der Waals surface area contributed by atoms with Crippen molar-refractivity contribution in [3.8, 4) is 17.2 Å². The van der Waals surface area contributed by atoms with Crippen LogP contribution in [0.25, 0.3) is 0 Å². The van der Waals surface area contributed by atoms with Crippen LogP contribution < -0.4 is 24.8 Å². The number of Topliss-reactive ketones (excluding diaryl/α,β-unsaturated/α-hetero) is 1. The van der Waals surface area contributed by atoms with Crippen LogP contribution in [0, 0.1) is 13.8 Å². The number of carbonyl (C=O) groups excluding carboxylic acids is 1. The van der Waals surface area contributed by atoms with Crippen LogP contribution in [0.4, 0.5) is 11.4 Å². The highest BCUT2D eigenvalue weighted by Gasteiger charge is 2.33. The predicted octanol–water partition coefficient (Wildman–Crippen LogP) is 4.92. The maximum Gasteiger partial charge on any atom is 0.203 e. The molecule has 0 saturated heterocycles. The number of nitrogens with one attached hydrogen (secondary N) is 2. The smallest absolute Gasteiger partial charge is 0.203 e. The van der Waals surface area contributed by atoms with Gasteiger partial charge in [-0.1, -0.05) is 0 Å². The van der Waals surface area contributed by atoms with Crippen molar-refractivity contribution in [3.05, 3.63) is 52.2 Å². The quantitative estimate of drug-likeness (QED) is 0.749. The fourth-order valence-corrected chi connectivity index (χ4v) is 4.28. The van der Waals surface area contributed by atoms with E-state index in [1.54, 1.807) is 21.3 Å². The number of aryl methyl sites for hydroxylation is 2. The average molecular weight is 408 g/mol. The minimum absolute atomic E-state index is 0.163. The number of ether oxygens (including phenoxy) is 3. The molecule has 6 heteroatoms. The van der Waals surface area contributed by atoms with E-state index in [0.29, 0.717) is 23.7 Å². The molecular formula is C24H28N2O4. The molecule has 0 radical (unpaired) electrons. The van der Waals surface area contributed by atoms with E-state index < -0.39 is 0 Å². The maximum absolute atomic E-state index is 13.1. The molecule has 1 aliphatic carbocycles. The van der Waals surface area contributed by atoms with Gasteiger partial charge in [0.1, 0.15) is 0 Å². The monoisotopic (exact) mass is 408 g/mol. The molecule has 0 saturated carbocycles. The van der Waals surface area contributed by atoms with Crippen molar-refractivity contribution >= 4 is 17.2 Å². The molecule has 2 N–H and O–H groups in total. The number of anilines is 2. The summed E-state index contributed by atoms with van der Waals surface area (Å²) in [5.74, 6) is 1.83. The summed E-state index contributed by atoms with van der Waals surface area (Å²) in [6.45, 7) is 4.19. The zero-order valence-corrected chi connectivity index (χ0v) is 18.1. The Morgan fingerprint density at radius 1 is 0.867 bits per heavy atom. The summed E-state index contributed by atoms with van der Waals surface area (Å²) < 4.78 is 16.6. The molecule has 2 aromatic carbocycles. The summed E-state index contributed by atoms with van der Waals surface area (Å²) in [4.78, 5) is 13.1. The van der Waals surface area contributed by atoms with E-state index >= 15 is 0 Å². The highest BCUT2D eigenvalue weighted by Crippen LogP contribution is 2.45. The first-order chi connectivity index (χ1) is 14.5. The summed E-state index contributed by atoms with van der Waals surface area (Å²) in [5, 5.41) is 7.17. The lowest BCUT2D eigenvalue weighted by molar-refractivity contribution is -0.116. The van der Waals surface area contributed by atoms with Crippen molar-refractivity contribution in [1.29, 1.82) is 0 Å². The molecule has 0 amide bonds. The molecule has 6 nitrogen and oxygen atoms in total. The second kappa shape index (κ2) is 7.94. The Bertz CT molecular complexity index is 1020. The van der Waals surface area contributed by atoms with Crippen molar-refractivity contribution in [2.24, 2.45) is 0 Å². The zero-order valence-electron chi connectivity index (χ0n) is 18.1. The number of benzene rings is 2. The van der Waals surface area contributed by atoms with Crippen LogP contribution in [-0.2, 0) is 4.79 Å². The molecule has 1 unspecified atom stereocenters. The number of fused-ring (bicyclic) bond motifs is 1. The largest absolute Gasteiger partial charge is 0.493 e. The van der Waals surface area contributed by atoms with Crippen LogP contribution >= 0.6 is 0 Å². The molecule has 1 atom stereocenters. The molecule has 158 valence electrons. The zero-order chi connectivity index (χ0) is 21.4. The van der Waals surface area contributed by atoms with Crippen LogP contribution in [0.15, 0.2) is 35.5 Å². The van der Waals surface area contributed by atoms with Crippen molar-refractivity contribution in [2.75, 3.05) is 32.0 Å². The number of hydrogen-bond donors (Lipinski definition) is 2. The van der Waals surface area contributed by atoms with Crippen LogP contribution in [0.2, 0.25) is 0 Å². The maximum atomic E-state index is 13.1. The molecule has 1 aliphatic heterocycles. The van der Waals surface area contributed by atoms with E-state index in [-0.39, 0.29) is 11.8 Å². The second-order valence-corrected chi connectivity index (χ2v) is 7.81. The van der Waals surface area contributed by atoms with Gasteiger partial charge in [0.25, 0.3) is 0 Å². The molecule has 0 spiro atoms. The van der Waals surface area contributed by atoms with E-state index in [2.05, 4.69) is 36.6 Å². The SMILES string of the molecule is COc1cc(C2Nc3cc(C)c(C)cc3NC3=C2C(=O)CCC3)cc(OC)c1OC. The molecule has 2 aliphatic rings. The third-order valence-corrected chi connectivity index (χ3v) is 5.98. The summed E-state index contributed by atoms with van der Waals surface area (Å²) in [7, 11) is 4.78. The number of allylic oxidation sites excluding steroid dienone is 1. The molecular weight excluding hydrogens is 380 g/mol. The minimum atomic E-state index is -0.322. The van der Waals surface area contributed by atoms with Crippen molar-refractivity contribution in [1.82, 2.24) is 0 Å². The molecule has 4 rings (SSSR count). The lowest BCUT2D eigenvalue weighted by Gasteiger charge is -2.26. The van der Waals surface area contributed by atoms with Gasteiger partial charge in [-0.05, 0) is 67.6 Å². The summed E-state index contributed by atoms with van der Waals surface area (Å²) in [5.41, 5.74) is 7.02. The van der Waals surface area contributed by atoms with Crippen molar-refractivity contribution in [3.63, 3.8) is 0 Å². The van der Waals surface area contributed by atoms with Gasteiger partial charge in [-0.15, -0.1) is 0 Å². The average Bonchev–Trinajstić information content (AvgIpc) is 2.90. The second-order valence-electron chi connectivity index (χ2n) is 7.81. The Morgan fingerprint density at radius 3 is 2.10 bits per heavy atom. The van der Waals surface area contributed by atoms with Crippen LogP contribution in [-0.4, -0.2) is 27.1 Å². The molecule has 0 aromatic heterocycles.